The maximum absolute atomic E-state index is 13.2. The van der Waals surface area contributed by atoms with Crippen molar-refractivity contribution in [3.63, 3.8) is 0 Å². The van der Waals surface area contributed by atoms with E-state index < -0.39 is 9.25 Å². The fourth-order valence-electron chi connectivity index (χ4n) is 1.99. The van der Waals surface area contributed by atoms with Gasteiger partial charge in [0.05, 0.1) is 4.90 Å². The molecule has 0 amide bonds. The van der Waals surface area contributed by atoms with Crippen molar-refractivity contribution in [3.8, 4) is 0 Å². The summed E-state index contributed by atoms with van der Waals surface area (Å²) in [6, 6.07) is 7.68. The Balaban J connectivity index is 2.37. The van der Waals surface area contributed by atoms with Crippen LogP contribution in [0.2, 0.25) is 0 Å². The first-order valence-corrected chi connectivity index (χ1v) is 7.12. The van der Waals surface area contributed by atoms with Crippen molar-refractivity contribution in [1.82, 2.24) is 0 Å². The molecular formula is C13H11NOS. The summed E-state index contributed by atoms with van der Waals surface area (Å²) in [5.41, 5.74) is 0.989. The van der Waals surface area contributed by atoms with Gasteiger partial charge in [-0.25, -0.2) is 8.61 Å². The van der Waals surface area contributed by atoms with E-state index in [1.165, 1.54) is 0 Å². The van der Waals surface area contributed by atoms with E-state index in [2.05, 4.69) is 4.40 Å². The summed E-state index contributed by atoms with van der Waals surface area (Å²) in [6.45, 7) is 0. The molecular weight excluding hydrogens is 218 g/mol. The lowest BCUT2D eigenvalue weighted by molar-refractivity contribution is 0.671. The monoisotopic (exact) mass is 229 g/mol. The highest BCUT2D eigenvalue weighted by atomic mass is 32.3. The predicted molar refractivity (Wildman–Crippen MR) is 68.7 cm³/mol. The lowest BCUT2D eigenvalue weighted by atomic mass is 10.2. The summed E-state index contributed by atoms with van der Waals surface area (Å²) >= 11 is 0. The highest BCUT2D eigenvalue weighted by Crippen LogP contribution is 2.47. The van der Waals surface area contributed by atoms with E-state index >= 15 is 0 Å². The van der Waals surface area contributed by atoms with Gasteiger partial charge >= 0.3 is 0 Å². The van der Waals surface area contributed by atoms with Crippen LogP contribution in [0.3, 0.4) is 0 Å². The van der Waals surface area contributed by atoms with Gasteiger partial charge in [0.2, 0.25) is 0 Å². The maximum atomic E-state index is 13.2. The lowest BCUT2D eigenvalue weighted by Crippen LogP contribution is -2.21. The third-order valence-corrected chi connectivity index (χ3v) is 5.96. The quantitative estimate of drug-likeness (QED) is 0.672. The molecule has 1 aromatic rings. The molecule has 0 radical (unpaired) electrons. The Hall–Kier alpha value is -1.74. The van der Waals surface area contributed by atoms with Crippen LogP contribution < -0.4 is 0 Å². The van der Waals surface area contributed by atoms with Gasteiger partial charge in [0, 0.05) is 26.3 Å². The zero-order valence-corrected chi connectivity index (χ0v) is 9.43. The lowest BCUT2D eigenvalue weighted by Gasteiger charge is -2.29. The second kappa shape index (κ2) is 2.89. The number of fused-ring (bicyclic) bond motifs is 2. The van der Waals surface area contributed by atoms with E-state index in [1.807, 2.05) is 36.4 Å². The van der Waals surface area contributed by atoms with Crippen LogP contribution in [0.5, 0.6) is 0 Å². The normalized spacial score (nSPS) is 24.9. The molecule has 2 nitrogen and oxygen atoms in total. The molecule has 0 saturated carbocycles. The van der Waals surface area contributed by atoms with Crippen LogP contribution in [-0.4, -0.2) is 10.4 Å². The number of allylic oxidation sites excluding steroid dienone is 3. The molecule has 0 fully saturated rings. The molecule has 3 rings (SSSR count). The van der Waals surface area contributed by atoms with Crippen molar-refractivity contribution >= 4 is 21.5 Å². The van der Waals surface area contributed by atoms with Crippen molar-refractivity contribution in [2.45, 2.75) is 4.90 Å². The molecule has 0 aromatic heterocycles. The molecule has 0 bridgehead atoms. The second-order valence-corrected chi connectivity index (χ2v) is 7.08. The smallest absolute Gasteiger partial charge is 0.0506 e. The Morgan fingerprint density at radius 1 is 1.00 bits per heavy atom. The van der Waals surface area contributed by atoms with E-state index in [9.17, 15) is 4.21 Å². The van der Waals surface area contributed by atoms with Crippen molar-refractivity contribution in [2.75, 3.05) is 0 Å². The van der Waals surface area contributed by atoms with Gasteiger partial charge in [0.15, 0.2) is 0 Å². The van der Waals surface area contributed by atoms with Gasteiger partial charge in [-0.15, -0.1) is 0 Å². The van der Waals surface area contributed by atoms with E-state index in [4.69, 9.17) is 0 Å². The standard InChI is InChI=1S/C13H11NOS/c15-16(10-5-1-4-9-14-16)11-8-12-6-2-3-7-13(12)16/h1-11H. The highest BCUT2D eigenvalue weighted by molar-refractivity contribution is 8.24. The van der Waals surface area contributed by atoms with Crippen molar-refractivity contribution < 1.29 is 4.21 Å². The van der Waals surface area contributed by atoms with Gasteiger partial charge in [0.1, 0.15) is 0 Å². The molecule has 2 heterocycles. The molecule has 80 valence electrons. The molecule has 0 atom stereocenters. The summed E-state index contributed by atoms with van der Waals surface area (Å²) in [6.07, 6.45) is 8.93. The predicted octanol–water partition coefficient (Wildman–Crippen LogP) is 2.92. The molecule has 1 spiro atoms. The van der Waals surface area contributed by atoms with Gasteiger partial charge < -0.3 is 0 Å². The van der Waals surface area contributed by atoms with Crippen LogP contribution in [-0.2, 0) is 9.25 Å². The minimum absolute atomic E-state index is 0.802. The van der Waals surface area contributed by atoms with Crippen LogP contribution >= 0.6 is 0 Å². The van der Waals surface area contributed by atoms with E-state index in [-0.39, 0.29) is 0 Å². The summed E-state index contributed by atoms with van der Waals surface area (Å²) in [5.74, 6) is 0. The third-order valence-electron chi connectivity index (χ3n) is 2.80. The van der Waals surface area contributed by atoms with Gasteiger partial charge in [-0.1, -0.05) is 30.4 Å². The van der Waals surface area contributed by atoms with Gasteiger partial charge in [-0.3, -0.25) is 0 Å². The summed E-state index contributed by atoms with van der Waals surface area (Å²) in [7, 11) is -3.30. The van der Waals surface area contributed by atoms with Crippen LogP contribution in [0.4, 0.5) is 0 Å². The zero-order chi connectivity index (χ0) is 11.1. The molecule has 3 heteroatoms. The number of hydrogen-bond acceptors (Lipinski definition) is 1. The molecule has 1 aromatic carbocycles. The highest BCUT2D eigenvalue weighted by Gasteiger charge is 2.37. The molecule has 0 saturated heterocycles. The van der Waals surface area contributed by atoms with Gasteiger partial charge in [0.25, 0.3) is 0 Å². The van der Waals surface area contributed by atoms with E-state index in [0.717, 1.165) is 10.5 Å². The largest absolute Gasteiger partial charge is 0.249 e. The summed E-state index contributed by atoms with van der Waals surface area (Å²) in [4.78, 5) is 0.802. The van der Waals surface area contributed by atoms with Crippen molar-refractivity contribution in [1.29, 1.82) is 0 Å². The van der Waals surface area contributed by atoms with Crippen LogP contribution in [0.25, 0.3) is 6.08 Å². The fraction of sp³-hybridized carbons (Fsp3) is 0. The second-order valence-electron chi connectivity index (χ2n) is 3.83. The Bertz CT molecular complexity index is 615. The number of nitrogens with zero attached hydrogens (tertiary/aromatic N) is 1. The Kier molecular flexibility index (Phi) is 1.71. The topological polar surface area (TPSA) is 29.4 Å². The van der Waals surface area contributed by atoms with Crippen LogP contribution in [0, 0.1) is 0 Å². The van der Waals surface area contributed by atoms with Crippen molar-refractivity contribution in [3.05, 3.63) is 58.9 Å². The molecule has 0 aliphatic carbocycles. The SMILES string of the molecule is O=S12(C=CC=CC=N1)C=Cc1ccccc12. The molecule has 0 unspecified atom stereocenters. The van der Waals surface area contributed by atoms with Gasteiger partial charge in [-0.2, -0.15) is 0 Å². The molecule has 0 N–H and O–H groups in total. The van der Waals surface area contributed by atoms with Crippen LogP contribution in [0.15, 0.2) is 62.6 Å². The average Bonchev–Trinajstić information content (AvgIpc) is 2.47. The van der Waals surface area contributed by atoms with Crippen LogP contribution in [0.1, 0.15) is 5.56 Å². The Labute approximate surface area is 94.2 Å². The first-order chi connectivity index (χ1) is 7.71. The number of benzene rings is 1. The minimum Gasteiger partial charge on any atom is -0.249 e. The molecule has 2 aliphatic rings. The van der Waals surface area contributed by atoms with E-state index in [0.29, 0.717) is 0 Å². The fourth-order valence-corrected chi connectivity index (χ4v) is 4.71. The number of hydrogen-bond donors (Lipinski definition) is 0. The summed E-state index contributed by atoms with van der Waals surface area (Å²) < 4.78 is 17.5. The molecule has 2 aliphatic heterocycles. The first kappa shape index (κ1) is 9.48. The Morgan fingerprint density at radius 2 is 1.88 bits per heavy atom. The first-order valence-electron chi connectivity index (χ1n) is 5.07. The zero-order valence-electron chi connectivity index (χ0n) is 8.61. The molecule has 16 heavy (non-hydrogen) atoms. The van der Waals surface area contributed by atoms with Crippen molar-refractivity contribution in [2.24, 2.45) is 4.40 Å². The van der Waals surface area contributed by atoms with Gasteiger partial charge in [-0.05, 0) is 23.8 Å². The average molecular weight is 229 g/mol. The Morgan fingerprint density at radius 3 is 2.81 bits per heavy atom. The van der Waals surface area contributed by atoms with E-state index in [1.54, 1.807) is 29.2 Å². The maximum Gasteiger partial charge on any atom is 0.0506 e. The summed E-state index contributed by atoms with van der Waals surface area (Å²) in [5, 5.41) is 3.43. The number of rotatable bonds is 0. The minimum atomic E-state index is -3.30. The third kappa shape index (κ3) is 1.12.